The Morgan fingerprint density at radius 3 is 1.70 bits per heavy atom. The molecule has 3 N–H and O–H groups in total. The molecule has 23 heavy (non-hydrogen) atoms. The first-order chi connectivity index (χ1) is 11.4. The molecule has 2 bridgehead atoms. The summed E-state index contributed by atoms with van der Waals surface area (Å²) < 4.78 is 0. The van der Waals surface area contributed by atoms with E-state index in [1.807, 2.05) is 0 Å². The van der Waals surface area contributed by atoms with Crippen LogP contribution in [-0.4, -0.2) is 5.71 Å². The lowest BCUT2D eigenvalue weighted by molar-refractivity contribution is 0.233. The summed E-state index contributed by atoms with van der Waals surface area (Å²) >= 11 is 0. The summed E-state index contributed by atoms with van der Waals surface area (Å²) in [5.74, 6) is 6.67. The average molecular weight is 305 g/mol. The van der Waals surface area contributed by atoms with Crippen molar-refractivity contribution < 1.29 is 0 Å². The van der Waals surface area contributed by atoms with Gasteiger partial charge in [-0.25, -0.2) is 0 Å². The van der Waals surface area contributed by atoms with Gasteiger partial charge in [0, 0.05) is 29.6 Å². The molecule has 3 heteroatoms. The molecule has 2 fully saturated rings. The number of benzene rings is 2. The number of hydrogen-bond donors (Lipinski definition) is 2. The summed E-state index contributed by atoms with van der Waals surface area (Å²) in [7, 11) is 0. The molecule has 0 unspecified atom stereocenters. The average Bonchev–Trinajstić information content (AvgIpc) is 2.63. The van der Waals surface area contributed by atoms with E-state index in [1.54, 1.807) is 0 Å². The number of nitrogens with zero attached hydrogens (tertiary/aromatic N) is 1. The van der Waals surface area contributed by atoms with Gasteiger partial charge in [-0.2, -0.15) is 5.10 Å². The van der Waals surface area contributed by atoms with E-state index < -0.39 is 0 Å². The zero-order chi connectivity index (χ0) is 15.6. The summed E-state index contributed by atoms with van der Waals surface area (Å²) in [6, 6.07) is 22.0. The highest BCUT2D eigenvalue weighted by atomic mass is 15.1. The SMILES string of the molecule is NN=C1[C@H]2CCC[C@H]1[C@H](c1ccccc1)N[C@H]2c1ccccc1. The molecule has 0 amide bonds. The molecule has 1 saturated carbocycles. The van der Waals surface area contributed by atoms with Gasteiger partial charge >= 0.3 is 0 Å². The van der Waals surface area contributed by atoms with Crippen molar-refractivity contribution in [2.24, 2.45) is 22.8 Å². The highest BCUT2D eigenvalue weighted by Gasteiger charge is 2.44. The molecule has 1 aliphatic carbocycles. The van der Waals surface area contributed by atoms with Gasteiger partial charge in [0.25, 0.3) is 0 Å². The lowest BCUT2D eigenvalue weighted by Gasteiger charge is -2.47. The first kappa shape index (κ1) is 14.5. The van der Waals surface area contributed by atoms with Gasteiger partial charge in [0.05, 0.1) is 0 Å². The molecule has 118 valence electrons. The topological polar surface area (TPSA) is 50.4 Å². The summed E-state index contributed by atoms with van der Waals surface area (Å²) in [5, 5.41) is 8.18. The minimum atomic E-state index is 0.292. The van der Waals surface area contributed by atoms with Crippen LogP contribution in [0.3, 0.4) is 0 Å². The molecule has 0 aromatic heterocycles. The number of nitrogens with one attached hydrogen (secondary N) is 1. The van der Waals surface area contributed by atoms with Crippen molar-refractivity contribution in [2.75, 3.05) is 0 Å². The standard InChI is InChI=1S/C20H23N3/c21-23-20-16-12-7-13-17(20)19(15-10-5-2-6-11-15)22-18(16)14-8-3-1-4-9-14/h1-6,8-11,16-19,22H,7,12-13,21H2/t16-,17-,18-,19-/m0/s1. The van der Waals surface area contributed by atoms with Gasteiger partial charge in [-0.05, 0) is 24.0 Å². The van der Waals surface area contributed by atoms with Crippen molar-refractivity contribution in [2.45, 2.75) is 31.3 Å². The van der Waals surface area contributed by atoms with Crippen molar-refractivity contribution in [1.29, 1.82) is 0 Å². The van der Waals surface area contributed by atoms with E-state index in [1.165, 1.54) is 36.1 Å². The predicted molar refractivity (Wildman–Crippen MR) is 94.0 cm³/mol. The maximum atomic E-state index is 5.83. The van der Waals surface area contributed by atoms with Crippen LogP contribution >= 0.6 is 0 Å². The monoisotopic (exact) mass is 305 g/mol. The zero-order valence-electron chi connectivity index (χ0n) is 13.2. The first-order valence-corrected chi connectivity index (χ1v) is 8.52. The largest absolute Gasteiger partial charge is 0.323 e. The molecule has 0 spiro atoms. The van der Waals surface area contributed by atoms with Crippen molar-refractivity contribution in [1.82, 2.24) is 5.32 Å². The first-order valence-electron chi connectivity index (χ1n) is 8.52. The van der Waals surface area contributed by atoms with Crippen LogP contribution in [0.5, 0.6) is 0 Å². The van der Waals surface area contributed by atoms with Gasteiger partial charge in [0.15, 0.2) is 0 Å². The minimum Gasteiger partial charge on any atom is -0.323 e. The third kappa shape index (κ3) is 2.55. The number of rotatable bonds is 2. The fourth-order valence-corrected chi connectivity index (χ4v) is 4.40. The van der Waals surface area contributed by atoms with Crippen molar-refractivity contribution in [3.05, 3.63) is 71.8 Å². The Labute approximate surface area is 137 Å². The maximum absolute atomic E-state index is 5.83. The zero-order valence-corrected chi connectivity index (χ0v) is 13.2. The van der Waals surface area contributed by atoms with Crippen molar-refractivity contribution >= 4 is 5.71 Å². The molecule has 2 aromatic rings. The van der Waals surface area contributed by atoms with Crippen LogP contribution in [0.25, 0.3) is 0 Å². The van der Waals surface area contributed by atoms with E-state index in [0.29, 0.717) is 23.9 Å². The van der Waals surface area contributed by atoms with Crippen LogP contribution in [0, 0.1) is 11.8 Å². The molecule has 1 heterocycles. The third-order valence-electron chi connectivity index (χ3n) is 5.42. The molecule has 2 aliphatic rings. The number of fused-ring (bicyclic) bond motifs is 2. The van der Waals surface area contributed by atoms with Crippen LogP contribution in [0.1, 0.15) is 42.5 Å². The second kappa shape index (κ2) is 6.17. The maximum Gasteiger partial charge on any atom is 0.0475 e. The smallest absolute Gasteiger partial charge is 0.0475 e. The van der Waals surface area contributed by atoms with E-state index in [4.69, 9.17) is 5.84 Å². The van der Waals surface area contributed by atoms with Crippen LogP contribution in [-0.2, 0) is 0 Å². The summed E-state index contributed by atoms with van der Waals surface area (Å²) in [4.78, 5) is 0. The molecule has 0 radical (unpaired) electrons. The second-order valence-corrected chi connectivity index (χ2v) is 6.64. The van der Waals surface area contributed by atoms with E-state index in [9.17, 15) is 0 Å². The number of hydrazone groups is 1. The minimum absolute atomic E-state index is 0.292. The van der Waals surface area contributed by atoms with Crippen LogP contribution in [0.2, 0.25) is 0 Å². The lowest BCUT2D eigenvalue weighted by Crippen LogP contribution is -2.51. The van der Waals surface area contributed by atoms with E-state index >= 15 is 0 Å². The number of piperidine rings is 1. The fraction of sp³-hybridized carbons (Fsp3) is 0.350. The van der Waals surface area contributed by atoms with E-state index in [-0.39, 0.29) is 0 Å². The number of hydrogen-bond acceptors (Lipinski definition) is 3. The molecule has 1 saturated heterocycles. The summed E-state index contributed by atoms with van der Waals surface area (Å²) in [6.45, 7) is 0. The Morgan fingerprint density at radius 2 is 1.26 bits per heavy atom. The Kier molecular flexibility index (Phi) is 3.88. The molecular weight excluding hydrogens is 282 g/mol. The second-order valence-electron chi connectivity index (χ2n) is 6.64. The van der Waals surface area contributed by atoms with Gasteiger partial charge in [-0.3, -0.25) is 0 Å². The molecule has 2 aromatic carbocycles. The van der Waals surface area contributed by atoms with E-state index in [2.05, 4.69) is 71.1 Å². The van der Waals surface area contributed by atoms with Gasteiger partial charge < -0.3 is 11.2 Å². The molecular formula is C20H23N3. The Hall–Kier alpha value is -2.13. The van der Waals surface area contributed by atoms with E-state index in [0.717, 1.165) is 0 Å². The highest BCUT2D eigenvalue weighted by Crippen LogP contribution is 2.46. The van der Waals surface area contributed by atoms with Gasteiger partial charge in [0.2, 0.25) is 0 Å². The third-order valence-corrected chi connectivity index (χ3v) is 5.42. The van der Waals surface area contributed by atoms with Crippen LogP contribution < -0.4 is 11.2 Å². The van der Waals surface area contributed by atoms with Gasteiger partial charge in [-0.15, -0.1) is 0 Å². The van der Waals surface area contributed by atoms with Crippen molar-refractivity contribution in [3.63, 3.8) is 0 Å². The summed E-state index contributed by atoms with van der Waals surface area (Å²) in [6.07, 6.45) is 3.59. The Bertz CT molecular complexity index is 625. The highest BCUT2D eigenvalue weighted by molar-refractivity contribution is 5.91. The van der Waals surface area contributed by atoms with Crippen molar-refractivity contribution in [3.8, 4) is 0 Å². The fourth-order valence-electron chi connectivity index (χ4n) is 4.40. The molecule has 4 atom stereocenters. The van der Waals surface area contributed by atoms with Crippen LogP contribution in [0.15, 0.2) is 65.8 Å². The molecule has 4 rings (SSSR count). The van der Waals surface area contributed by atoms with Gasteiger partial charge in [0.1, 0.15) is 0 Å². The van der Waals surface area contributed by atoms with Crippen LogP contribution in [0.4, 0.5) is 0 Å². The Balaban J connectivity index is 1.76. The quantitative estimate of drug-likeness (QED) is 0.655. The normalized spacial score (nSPS) is 30.0. The predicted octanol–water partition coefficient (Wildman–Crippen LogP) is 3.80. The lowest BCUT2D eigenvalue weighted by atomic mass is 9.67. The van der Waals surface area contributed by atoms with Gasteiger partial charge in [-0.1, -0.05) is 67.1 Å². The molecule has 3 nitrogen and oxygen atoms in total. The number of nitrogens with two attached hydrogens (primary N) is 1. The molecule has 1 aliphatic heterocycles. The Morgan fingerprint density at radius 1 is 0.783 bits per heavy atom. The summed E-state index contributed by atoms with van der Waals surface area (Å²) in [5.41, 5.74) is 3.87.